The van der Waals surface area contributed by atoms with Gasteiger partial charge in [0.2, 0.25) is 5.91 Å². The summed E-state index contributed by atoms with van der Waals surface area (Å²) in [5, 5.41) is 10.8. The maximum Gasteiger partial charge on any atom is 0.329 e. The predicted molar refractivity (Wildman–Crippen MR) is 134 cm³/mol. The van der Waals surface area contributed by atoms with E-state index in [9.17, 15) is 19.5 Å². The van der Waals surface area contributed by atoms with Crippen LogP contribution in [0.3, 0.4) is 0 Å². The van der Waals surface area contributed by atoms with Crippen LogP contribution < -0.4 is 0 Å². The summed E-state index contributed by atoms with van der Waals surface area (Å²) in [6.45, 7) is 10.5. The number of likely N-dealkylation sites (N-methyl/N-ethyl adjacent to an activating group) is 1. The summed E-state index contributed by atoms with van der Waals surface area (Å²) < 4.78 is 11.5. The van der Waals surface area contributed by atoms with Crippen LogP contribution in [-0.2, 0) is 30.3 Å². The molecule has 192 valence electrons. The SMILES string of the molecule is CC(=O)O[C@H]1[C@@H](C)[C@H](C)OC(=O)[C@H](Cc2ccccc2)N(C)C(=O)C=C[C@@H](C)[C@H](O)C(C)=C[C@@H]1C. The Morgan fingerprint density at radius 1 is 1.09 bits per heavy atom. The lowest BCUT2D eigenvalue weighted by Crippen LogP contribution is -2.46. The summed E-state index contributed by atoms with van der Waals surface area (Å²) in [5.74, 6) is -2.23. The first-order valence-electron chi connectivity index (χ1n) is 12.1. The van der Waals surface area contributed by atoms with E-state index < -0.39 is 36.3 Å². The minimum Gasteiger partial charge on any atom is -0.462 e. The van der Waals surface area contributed by atoms with E-state index in [0.29, 0.717) is 12.0 Å². The lowest BCUT2D eigenvalue weighted by molar-refractivity contribution is -0.165. The molecule has 1 aromatic rings. The van der Waals surface area contributed by atoms with Crippen molar-refractivity contribution in [2.45, 2.75) is 72.3 Å². The molecule has 7 heteroatoms. The molecule has 0 spiro atoms. The highest BCUT2D eigenvalue weighted by Gasteiger charge is 2.35. The fraction of sp³-hybridized carbons (Fsp3) is 0.536. The van der Waals surface area contributed by atoms with Gasteiger partial charge in [0.1, 0.15) is 18.2 Å². The van der Waals surface area contributed by atoms with Crippen molar-refractivity contribution in [3.05, 3.63) is 59.7 Å². The quantitative estimate of drug-likeness (QED) is 0.518. The van der Waals surface area contributed by atoms with Gasteiger partial charge >= 0.3 is 11.9 Å². The van der Waals surface area contributed by atoms with Gasteiger partial charge in [0.25, 0.3) is 0 Å². The largest absolute Gasteiger partial charge is 0.462 e. The highest BCUT2D eigenvalue weighted by molar-refractivity contribution is 5.91. The van der Waals surface area contributed by atoms with Crippen molar-refractivity contribution in [2.75, 3.05) is 7.05 Å². The molecule has 2 rings (SSSR count). The van der Waals surface area contributed by atoms with Gasteiger partial charge in [-0.05, 0) is 31.1 Å². The normalized spacial score (nSPS) is 31.1. The second-order valence-electron chi connectivity index (χ2n) is 9.66. The highest BCUT2D eigenvalue weighted by atomic mass is 16.6. The maximum absolute atomic E-state index is 13.3. The predicted octanol–water partition coefficient (Wildman–Crippen LogP) is 3.70. The Labute approximate surface area is 208 Å². The van der Waals surface area contributed by atoms with Crippen molar-refractivity contribution in [2.24, 2.45) is 17.8 Å². The van der Waals surface area contributed by atoms with Crippen LogP contribution in [0.4, 0.5) is 0 Å². The molecule has 1 aliphatic rings. The fourth-order valence-corrected chi connectivity index (χ4v) is 4.37. The van der Waals surface area contributed by atoms with Crippen molar-refractivity contribution < 1.29 is 29.0 Å². The number of ether oxygens (including phenoxy) is 2. The van der Waals surface area contributed by atoms with Gasteiger partial charge in [-0.1, -0.05) is 63.3 Å². The minimum absolute atomic E-state index is 0.240. The van der Waals surface area contributed by atoms with Gasteiger partial charge in [-0.15, -0.1) is 0 Å². The van der Waals surface area contributed by atoms with E-state index in [0.717, 1.165) is 5.56 Å². The molecule has 0 unspecified atom stereocenters. The number of aliphatic hydroxyl groups excluding tert-OH is 1. The summed E-state index contributed by atoms with van der Waals surface area (Å²) >= 11 is 0. The van der Waals surface area contributed by atoms with Gasteiger partial charge in [-0.25, -0.2) is 4.79 Å². The van der Waals surface area contributed by atoms with Crippen LogP contribution in [0.5, 0.6) is 0 Å². The monoisotopic (exact) mass is 485 g/mol. The number of benzene rings is 1. The third kappa shape index (κ3) is 7.79. The Morgan fingerprint density at radius 2 is 1.71 bits per heavy atom. The molecule has 7 atom stereocenters. The Hall–Kier alpha value is -2.93. The molecule has 0 radical (unpaired) electrons. The lowest BCUT2D eigenvalue weighted by Gasteiger charge is -2.33. The number of amides is 1. The molecule has 1 aliphatic heterocycles. The van der Waals surface area contributed by atoms with Gasteiger partial charge in [0.05, 0.1) is 6.10 Å². The summed E-state index contributed by atoms with van der Waals surface area (Å²) in [4.78, 5) is 39.6. The number of nitrogens with zero attached hydrogens (tertiary/aromatic N) is 1. The van der Waals surface area contributed by atoms with E-state index in [1.165, 1.54) is 17.9 Å². The van der Waals surface area contributed by atoms with Crippen LogP contribution in [0.25, 0.3) is 0 Å². The first-order chi connectivity index (χ1) is 16.4. The maximum atomic E-state index is 13.3. The smallest absolute Gasteiger partial charge is 0.329 e. The molecule has 0 saturated heterocycles. The van der Waals surface area contributed by atoms with E-state index in [-0.39, 0.29) is 23.7 Å². The van der Waals surface area contributed by atoms with Gasteiger partial charge in [-0.3, -0.25) is 9.59 Å². The van der Waals surface area contributed by atoms with E-state index >= 15 is 0 Å². The summed E-state index contributed by atoms with van der Waals surface area (Å²) in [7, 11) is 1.57. The van der Waals surface area contributed by atoms with E-state index in [4.69, 9.17) is 9.47 Å². The molecule has 35 heavy (non-hydrogen) atoms. The molecule has 1 amide bonds. The topological polar surface area (TPSA) is 93.1 Å². The van der Waals surface area contributed by atoms with E-state index in [1.807, 2.05) is 64.1 Å². The minimum atomic E-state index is -0.848. The first-order valence-corrected chi connectivity index (χ1v) is 12.1. The Bertz CT molecular complexity index is 940. The molecular weight excluding hydrogens is 446 g/mol. The van der Waals surface area contributed by atoms with Crippen LogP contribution in [0.1, 0.15) is 47.1 Å². The third-order valence-corrected chi connectivity index (χ3v) is 6.77. The van der Waals surface area contributed by atoms with Crippen LogP contribution in [-0.4, -0.2) is 59.3 Å². The van der Waals surface area contributed by atoms with Crippen LogP contribution in [0.2, 0.25) is 0 Å². The Kier molecular flexibility index (Phi) is 10.3. The number of carbonyl (C=O) groups excluding carboxylic acids is 3. The van der Waals surface area contributed by atoms with Crippen molar-refractivity contribution in [3.63, 3.8) is 0 Å². The summed E-state index contributed by atoms with van der Waals surface area (Å²) in [6, 6.07) is 8.59. The molecule has 1 heterocycles. The standard InChI is InChI=1S/C28H39NO6/c1-17-13-14-25(31)29(7)24(16-23-11-9-8-10-12-23)28(33)34-21(5)20(4)27(35-22(6)30)19(3)15-18(2)26(17)32/h8-15,17,19-21,24,26-27,32H,16H2,1-7H3/t17-,19+,20+,21+,24+,26+,27-/m1/s1. The molecular formula is C28H39NO6. The molecule has 0 bridgehead atoms. The van der Waals surface area contributed by atoms with Crippen LogP contribution in [0.15, 0.2) is 54.1 Å². The number of cyclic esters (lactones) is 1. The number of hydrogen-bond acceptors (Lipinski definition) is 6. The Morgan fingerprint density at radius 3 is 2.31 bits per heavy atom. The zero-order valence-corrected chi connectivity index (χ0v) is 21.8. The van der Waals surface area contributed by atoms with Gasteiger partial charge in [0.15, 0.2) is 0 Å². The van der Waals surface area contributed by atoms with E-state index in [1.54, 1.807) is 20.0 Å². The van der Waals surface area contributed by atoms with Gasteiger partial charge in [0, 0.05) is 38.1 Å². The molecule has 7 nitrogen and oxygen atoms in total. The highest BCUT2D eigenvalue weighted by Crippen LogP contribution is 2.27. The van der Waals surface area contributed by atoms with Crippen molar-refractivity contribution in [3.8, 4) is 0 Å². The van der Waals surface area contributed by atoms with Crippen molar-refractivity contribution >= 4 is 17.8 Å². The average Bonchev–Trinajstić information content (AvgIpc) is 2.82. The number of rotatable bonds is 3. The van der Waals surface area contributed by atoms with Crippen LogP contribution in [0, 0.1) is 17.8 Å². The number of esters is 2. The zero-order valence-electron chi connectivity index (χ0n) is 21.8. The van der Waals surface area contributed by atoms with Gasteiger partial charge in [-0.2, -0.15) is 0 Å². The number of aliphatic hydroxyl groups is 1. The second kappa shape index (κ2) is 12.7. The molecule has 0 aliphatic carbocycles. The van der Waals surface area contributed by atoms with Crippen LogP contribution >= 0.6 is 0 Å². The van der Waals surface area contributed by atoms with E-state index in [2.05, 4.69) is 0 Å². The van der Waals surface area contributed by atoms with Crippen molar-refractivity contribution in [1.29, 1.82) is 0 Å². The zero-order chi connectivity index (χ0) is 26.3. The van der Waals surface area contributed by atoms with Gasteiger partial charge < -0.3 is 19.5 Å². The molecule has 1 N–H and O–H groups in total. The third-order valence-electron chi connectivity index (χ3n) is 6.77. The Balaban J connectivity index is 2.49. The summed E-state index contributed by atoms with van der Waals surface area (Å²) in [5.41, 5.74) is 1.60. The fourth-order valence-electron chi connectivity index (χ4n) is 4.37. The lowest BCUT2D eigenvalue weighted by atomic mass is 9.86. The second-order valence-corrected chi connectivity index (χ2v) is 9.66. The number of hydrogen-bond donors (Lipinski definition) is 1. The first kappa shape index (κ1) is 28.3. The molecule has 1 aromatic carbocycles. The summed E-state index contributed by atoms with van der Waals surface area (Å²) in [6.07, 6.45) is 3.22. The van der Waals surface area contributed by atoms with Crippen molar-refractivity contribution in [1.82, 2.24) is 4.90 Å². The number of carbonyl (C=O) groups is 3. The molecule has 0 saturated carbocycles. The molecule has 0 aromatic heterocycles. The average molecular weight is 486 g/mol. The molecule has 0 fully saturated rings.